The average Bonchev–Trinajstić information content (AvgIpc) is 2.25. The molecule has 96 valence electrons. The van der Waals surface area contributed by atoms with E-state index in [1.165, 1.54) is 25.7 Å². The van der Waals surface area contributed by atoms with Gasteiger partial charge in [0.1, 0.15) is 0 Å². The summed E-state index contributed by atoms with van der Waals surface area (Å²) >= 11 is 0. The second-order valence-electron chi connectivity index (χ2n) is 6.63. The van der Waals surface area contributed by atoms with Gasteiger partial charge in [0.15, 0.2) is 0 Å². The molecule has 1 aliphatic carbocycles. The highest BCUT2D eigenvalue weighted by Gasteiger charge is 2.29. The molecule has 2 heteroatoms. The lowest BCUT2D eigenvalue weighted by Gasteiger charge is -2.37. The van der Waals surface area contributed by atoms with E-state index in [4.69, 9.17) is 5.73 Å². The highest BCUT2D eigenvalue weighted by molar-refractivity contribution is 4.81. The van der Waals surface area contributed by atoms with Gasteiger partial charge in [0.25, 0.3) is 0 Å². The quantitative estimate of drug-likeness (QED) is 0.773. The molecular weight excluding hydrogens is 196 g/mol. The topological polar surface area (TPSA) is 38.0 Å². The summed E-state index contributed by atoms with van der Waals surface area (Å²) in [6.45, 7) is 11.2. The van der Waals surface area contributed by atoms with Crippen molar-refractivity contribution < 1.29 is 0 Å². The van der Waals surface area contributed by atoms with Crippen LogP contribution in [0.5, 0.6) is 0 Å². The fourth-order valence-electron chi connectivity index (χ4n) is 2.68. The molecular formula is C14H30N2. The third-order valence-corrected chi connectivity index (χ3v) is 4.18. The Balaban J connectivity index is 2.22. The first-order chi connectivity index (χ1) is 7.43. The lowest BCUT2D eigenvalue weighted by Crippen LogP contribution is -2.38. The zero-order valence-electron chi connectivity index (χ0n) is 11.6. The molecule has 0 bridgehead atoms. The zero-order valence-corrected chi connectivity index (χ0v) is 11.6. The smallest absolute Gasteiger partial charge is 0.0162 e. The Morgan fingerprint density at radius 3 is 2.19 bits per heavy atom. The van der Waals surface area contributed by atoms with Crippen molar-refractivity contribution >= 4 is 0 Å². The van der Waals surface area contributed by atoms with Gasteiger partial charge in [-0.25, -0.2) is 0 Å². The maximum atomic E-state index is 5.60. The van der Waals surface area contributed by atoms with Crippen molar-refractivity contribution in [1.29, 1.82) is 0 Å². The van der Waals surface area contributed by atoms with Crippen molar-refractivity contribution in [1.82, 2.24) is 5.32 Å². The standard InChI is InChI=1S/C14H30N2/c1-11(9-15)16-10-12-5-7-13(8-6-12)14(2,3)4/h11-13,16H,5-10,15H2,1-4H3. The second kappa shape index (κ2) is 6.02. The molecule has 0 aromatic carbocycles. The van der Waals surface area contributed by atoms with Crippen molar-refractivity contribution in [3.05, 3.63) is 0 Å². The first kappa shape index (κ1) is 14.0. The van der Waals surface area contributed by atoms with Crippen LogP contribution in [0.1, 0.15) is 53.4 Å². The molecule has 0 radical (unpaired) electrons. The molecule has 3 N–H and O–H groups in total. The molecule has 0 heterocycles. The first-order valence-electron chi connectivity index (χ1n) is 6.87. The minimum atomic E-state index is 0.473. The molecule has 0 aliphatic heterocycles. The van der Waals surface area contributed by atoms with E-state index in [1.54, 1.807) is 0 Å². The van der Waals surface area contributed by atoms with Crippen LogP contribution >= 0.6 is 0 Å². The van der Waals surface area contributed by atoms with Crippen LogP contribution in [0.3, 0.4) is 0 Å². The number of hydrogen-bond acceptors (Lipinski definition) is 2. The minimum absolute atomic E-state index is 0.473. The second-order valence-corrected chi connectivity index (χ2v) is 6.63. The maximum absolute atomic E-state index is 5.60. The van der Waals surface area contributed by atoms with Crippen LogP contribution in [-0.2, 0) is 0 Å². The van der Waals surface area contributed by atoms with Crippen molar-refractivity contribution in [2.45, 2.75) is 59.4 Å². The summed E-state index contributed by atoms with van der Waals surface area (Å²) in [5, 5.41) is 3.53. The van der Waals surface area contributed by atoms with Gasteiger partial charge in [0, 0.05) is 12.6 Å². The van der Waals surface area contributed by atoms with Crippen molar-refractivity contribution in [3.8, 4) is 0 Å². The van der Waals surface area contributed by atoms with Crippen molar-refractivity contribution in [3.63, 3.8) is 0 Å². The van der Waals surface area contributed by atoms with E-state index in [0.717, 1.165) is 24.9 Å². The van der Waals surface area contributed by atoms with Crippen molar-refractivity contribution in [2.24, 2.45) is 23.0 Å². The SMILES string of the molecule is CC(CN)NCC1CCC(C(C)(C)C)CC1. The van der Waals surface area contributed by atoms with E-state index in [-0.39, 0.29) is 0 Å². The van der Waals surface area contributed by atoms with Gasteiger partial charge in [-0.1, -0.05) is 20.8 Å². The number of hydrogen-bond donors (Lipinski definition) is 2. The molecule has 1 atom stereocenters. The maximum Gasteiger partial charge on any atom is 0.0162 e. The van der Waals surface area contributed by atoms with Gasteiger partial charge >= 0.3 is 0 Å². The molecule has 1 fully saturated rings. The summed E-state index contributed by atoms with van der Waals surface area (Å²) in [4.78, 5) is 0. The summed E-state index contributed by atoms with van der Waals surface area (Å²) in [5.41, 5.74) is 6.11. The van der Waals surface area contributed by atoms with Crippen LogP contribution < -0.4 is 11.1 Å². The molecule has 0 saturated heterocycles. The molecule has 1 unspecified atom stereocenters. The van der Waals surface area contributed by atoms with Gasteiger partial charge in [-0.05, 0) is 56.4 Å². The van der Waals surface area contributed by atoms with E-state index >= 15 is 0 Å². The van der Waals surface area contributed by atoms with Crippen molar-refractivity contribution in [2.75, 3.05) is 13.1 Å². The lowest BCUT2D eigenvalue weighted by atomic mass is 9.70. The summed E-state index contributed by atoms with van der Waals surface area (Å²) in [6.07, 6.45) is 5.61. The normalized spacial score (nSPS) is 29.1. The Morgan fingerprint density at radius 1 is 1.19 bits per heavy atom. The molecule has 0 amide bonds. The molecule has 0 aromatic heterocycles. The molecule has 16 heavy (non-hydrogen) atoms. The average molecular weight is 226 g/mol. The third kappa shape index (κ3) is 4.42. The Morgan fingerprint density at radius 2 is 1.75 bits per heavy atom. The third-order valence-electron chi connectivity index (χ3n) is 4.18. The predicted octanol–water partition coefficient (Wildman–Crippen LogP) is 2.78. The van der Waals surface area contributed by atoms with Gasteiger partial charge < -0.3 is 11.1 Å². The molecule has 0 aromatic rings. The van der Waals surface area contributed by atoms with Gasteiger partial charge in [0.2, 0.25) is 0 Å². The first-order valence-corrected chi connectivity index (χ1v) is 6.87. The van der Waals surface area contributed by atoms with Gasteiger partial charge in [-0.3, -0.25) is 0 Å². The molecule has 0 spiro atoms. The number of rotatable bonds is 4. The Kier molecular flexibility index (Phi) is 5.26. The fraction of sp³-hybridized carbons (Fsp3) is 1.00. The zero-order chi connectivity index (χ0) is 12.2. The number of nitrogens with one attached hydrogen (secondary N) is 1. The Hall–Kier alpha value is -0.0800. The van der Waals surface area contributed by atoms with Gasteiger partial charge in [-0.2, -0.15) is 0 Å². The van der Waals surface area contributed by atoms with Crippen LogP contribution in [0.25, 0.3) is 0 Å². The predicted molar refractivity (Wildman–Crippen MR) is 71.4 cm³/mol. The minimum Gasteiger partial charge on any atom is -0.329 e. The fourth-order valence-corrected chi connectivity index (χ4v) is 2.68. The summed E-state index contributed by atoms with van der Waals surface area (Å²) in [5.74, 6) is 1.81. The molecule has 1 aliphatic rings. The van der Waals surface area contributed by atoms with Gasteiger partial charge in [-0.15, -0.1) is 0 Å². The number of nitrogens with two attached hydrogens (primary N) is 1. The van der Waals surface area contributed by atoms with E-state index < -0.39 is 0 Å². The molecule has 1 saturated carbocycles. The van der Waals surface area contributed by atoms with Crippen LogP contribution in [0, 0.1) is 17.3 Å². The summed E-state index contributed by atoms with van der Waals surface area (Å²) in [7, 11) is 0. The highest BCUT2D eigenvalue weighted by atomic mass is 14.9. The van der Waals surface area contributed by atoms with E-state index in [9.17, 15) is 0 Å². The van der Waals surface area contributed by atoms with Crippen LogP contribution in [0.15, 0.2) is 0 Å². The highest BCUT2D eigenvalue weighted by Crippen LogP contribution is 2.39. The monoisotopic (exact) mass is 226 g/mol. The Bertz CT molecular complexity index is 187. The lowest BCUT2D eigenvalue weighted by molar-refractivity contribution is 0.148. The van der Waals surface area contributed by atoms with E-state index in [0.29, 0.717) is 11.5 Å². The van der Waals surface area contributed by atoms with Crippen LogP contribution in [0.2, 0.25) is 0 Å². The van der Waals surface area contributed by atoms with Crippen LogP contribution in [0.4, 0.5) is 0 Å². The van der Waals surface area contributed by atoms with Crippen LogP contribution in [-0.4, -0.2) is 19.1 Å². The summed E-state index contributed by atoms with van der Waals surface area (Å²) < 4.78 is 0. The molecule has 1 rings (SSSR count). The van der Waals surface area contributed by atoms with E-state index in [2.05, 4.69) is 33.0 Å². The Labute approximate surface area is 101 Å². The largest absolute Gasteiger partial charge is 0.329 e. The molecule has 2 nitrogen and oxygen atoms in total. The van der Waals surface area contributed by atoms with E-state index in [1.807, 2.05) is 0 Å². The summed E-state index contributed by atoms with van der Waals surface area (Å²) in [6, 6.07) is 0.473. The van der Waals surface area contributed by atoms with Gasteiger partial charge in [0.05, 0.1) is 0 Å².